The summed E-state index contributed by atoms with van der Waals surface area (Å²) in [4.78, 5) is 22.7. The first-order chi connectivity index (χ1) is 7.69. The number of ether oxygens (including phenoxy) is 2. The van der Waals surface area contributed by atoms with Crippen LogP contribution in [0.2, 0.25) is 0 Å². The lowest BCUT2D eigenvalue weighted by atomic mass is 9.90. The summed E-state index contributed by atoms with van der Waals surface area (Å²) in [6, 6.07) is -0.333. The van der Waals surface area contributed by atoms with E-state index in [1.807, 2.05) is 12.2 Å². The molecule has 2 atom stereocenters. The third-order valence-corrected chi connectivity index (χ3v) is 2.49. The number of carbonyl (C=O) groups is 2. The highest BCUT2D eigenvalue weighted by Gasteiger charge is 2.30. The normalized spacial score (nSPS) is 23.6. The van der Waals surface area contributed by atoms with Gasteiger partial charge in [-0.3, -0.25) is 4.79 Å². The zero-order chi connectivity index (χ0) is 12.0. The lowest BCUT2D eigenvalue weighted by Crippen LogP contribution is -2.43. The van der Waals surface area contributed by atoms with Gasteiger partial charge in [-0.1, -0.05) is 12.2 Å². The summed E-state index contributed by atoms with van der Waals surface area (Å²) in [5.41, 5.74) is 0. The van der Waals surface area contributed by atoms with Crippen LogP contribution in [0, 0.1) is 5.92 Å². The van der Waals surface area contributed by atoms with E-state index in [1.54, 1.807) is 6.92 Å². The van der Waals surface area contributed by atoms with Crippen LogP contribution >= 0.6 is 0 Å². The molecule has 0 saturated heterocycles. The van der Waals surface area contributed by atoms with E-state index in [4.69, 9.17) is 9.47 Å². The lowest BCUT2D eigenvalue weighted by Gasteiger charge is -2.25. The maximum absolute atomic E-state index is 11.5. The first-order valence-electron chi connectivity index (χ1n) is 5.36. The molecule has 0 bridgehead atoms. The van der Waals surface area contributed by atoms with E-state index in [1.165, 1.54) is 7.11 Å². The van der Waals surface area contributed by atoms with Gasteiger partial charge in [-0.05, 0) is 19.8 Å². The van der Waals surface area contributed by atoms with E-state index in [0.717, 1.165) is 6.42 Å². The van der Waals surface area contributed by atoms with Gasteiger partial charge in [-0.25, -0.2) is 4.79 Å². The van der Waals surface area contributed by atoms with Gasteiger partial charge in [-0.2, -0.15) is 0 Å². The quantitative estimate of drug-likeness (QED) is 0.582. The van der Waals surface area contributed by atoms with Crippen LogP contribution < -0.4 is 5.32 Å². The predicted octanol–water partition coefficient (Wildman–Crippen LogP) is 1.24. The summed E-state index contributed by atoms with van der Waals surface area (Å²) in [6.07, 6.45) is 4.74. The van der Waals surface area contributed by atoms with Gasteiger partial charge in [0.25, 0.3) is 0 Å². The van der Waals surface area contributed by atoms with Gasteiger partial charge in [0.2, 0.25) is 0 Å². The van der Waals surface area contributed by atoms with Crippen molar-refractivity contribution in [2.75, 3.05) is 13.7 Å². The Morgan fingerprint density at radius 3 is 2.88 bits per heavy atom. The van der Waals surface area contributed by atoms with Crippen molar-refractivity contribution in [3.63, 3.8) is 0 Å². The summed E-state index contributed by atoms with van der Waals surface area (Å²) in [6.45, 7) is 2.04. The minimum Gasteiger partial charge on any atom is -0.469 e. The molecule has 0 aliphatic heterocycles. The van der Waals surface area contributed by atoms with E-state index in [-0.39, 0.29) is 17.9 Å². The van der Waals surface area contributed by atoms with Gasteiger partial charge in [0, 0.05) is 0 Å². The van der Waals surface area contributed by atoms with Crippen LogP contribution in [0.5, 0.6) is 0 Å². The average molecular weight is 227 g/mol. The van der Waals surface area contributed by atoms with Crippen molar-refractivity contribution < 1.29 is 19.1 Å². The van der Waals surface area contributed by atoms with Crippen molar-refractivity contribution in [2.45, 2.75) is 25.8 Å². The molecule has 1 aliphatic rings. The Morgan fingerprint density at radius 1 is 1.50 bits per heavy atom. The molecule has 90 valence electrons. The van der Waals surface area contributed by atoms with Crippen molar-refractivity contribution in [1.82, 2.24) is 5.32 Å². The summed E-state index contributed by atoms with van der Waals surface area (Å²) in [5, 5.41) is 2.64. The highest BCUT2D eigenvalue weighted by atomic mass is 16.5. The minimum atomic E-state index is -0.507. The fourth-order valence-corrected chi connectivity index (χ4v) is 1.71. The molecule has 0 radical (unpaired) electrons. The number of hydrogen-bond acceptors (Lipinski definition) is 4. The molecule has 16 heavy (non-hydrogen) atoms. The zero-order valence-electron chi connectivity index (χ0n) is 9.56. The van der Waals surface area contributed by atoms with Crippen LogP contribution in [0.1, 0.15) is 19.8 Å². The molecule has 0 heterocycles. The number of alkyl carbamates (subject to hydrolysis) is 1. The van der Waals surface area contributed by atoms with Crippen molar-refractivity contribution >= 4 is 12.1 Å². The molecule has 2 unspecified atom stereocenters. The maximum Gasteiger partial charge on any atom is 0.407 e. The molecule has 0 aromatic rings. The van der Waals surface area contributed by atoms with Gasteiger partial charge in [0.1, 0.15) is 0 Å². The van der Waals surface area contributed by atoms with Gasteiger partial charge < -0.3 is 14.8 Å². The number of nitrogens with one attached hydrogen (secondary N) is 1. The molecule has 1 aliphatic carbocycles. The number of esters is 1. The maximum atomic E-state index is 11.5. The minimum absolute atomic E-state index is 0.300. The lowest BCUT2D eigenvalue weighted by molar-refractivity contribution is -0.146. The topological polar surface area (TPSA) is 64.6 Å². The van der Waals surface area contributed by atoms with Crippen molar-refractivity contribution in [2.24, 2.45) is 5.92 Å². The van der Waals surface area contributed by atoms with Crippen LogP contribution in [0.3, 0.4) is 0 Å². The SMILES string of the molecule is CCOC(=O)NC1C=CCCC1C(=O)OC. The van der Waals surface area contributed by atoms with Crippen LogP contribution in [0.15, 0.2) is 12.2 Å². The van der Waals surface area contributed by atoms with E-state index < -0.39 is 6.09 Å². The molecule has 0 aromatic carbocycles. The Hall–Kier alpha value is -1.52. The molecule has 5 nitrogen and oxygen atoms in total. The molecule has 0 fully saturated rings. The third-order valence-electron chi connectivity index (χ3n) is 2.49. The van der Waals surface area contributed by atoms with E-state index in [9.17, 15) is 9.59 Å². The molecule has 0 saturated carbocycles. The Bertz CT molecular complexity index is 288. The van der Waals surface area contributed by atoms with Crippen molar-refractivity contribution in [3.05, 3.63) is 12.2 Å². The summed E-state index contributed by atoms with van der Waals surface area (Å²) in [5.74, 6) is -0.620. The fraction of sp³-hybridized carbons (Fsp3) is 0.636. The number of rotatable bonds is 3. The molecule has 1 amide bonds. The highest BCUT2D eigenvalue weighted by molar-refractivity contribution is 5.76. The molecular formula is C11H17NO4. The number of methoxy groups -OCH3 is 1. The van der Waals surface area contributed by atoms with Gasteiger partial charge in [-0.15, -0.1) is 0 Å². The first-order valence-corrected chi connectivity index (χ1v) is 5.36. The largest absolute Gasteiger partial charge is 0.469 e. The molecule has 1 N–H and O–H groups in total. The van der Waals surface area contributed by atoms with E-state index in [0.29, 0.717) is 13.0 Å². The zero-order valence-corrected chi connectivity index (χ0v) is 9.56. The average Bonchev–Trinajstić information content (AvgIpc) is 2.29. The first kappa shape index (κ1) is 12.5. The molecule has 0 aromatic heterocycles. The smallest absolute Gasteiger partial charge is 0.407 e. The number of amides is 1. The highest BCUT2D eigenvalue weighted by Crippen LogP contribution is 2.20. The summed E-state index contributed by atoms with van der Waals surface area (Å²) < 4.78 is 9.47. The predicted molar refractivity (Wildman–Crippen MR) is 57.8 cm³/mol. The number of allylic oxidation sites excluding steroid dienone is 1. The number of carbonyl (C=O) groups excluding carboxylic acids is 2. The summed E-state index contributed by atoms with van der Waals surface area (Å²) in [7, 11) is 1.35. The second kappa shape index (κ2) is 6.15. The van der Waals surface area contributed by atoms with Gasteiger partial charge in [0.05, 0.1) is 25.7 Å². The van der Waals surface area contributed by atoms with Gasteiger partial charge in [0.15, 0.2) is 0 Å². The van der Waals surface area contributed by atoms with Crippen LogP contribution in [-0.4, -0.2) is 31.8 Å². The van der Waals surface area contributed by atoms with Crippen LogP contribution in [0.25, 0.3) is 0 Å². The van der Waals surface area contributed by atoms with Crippen molar-refractivity contribution in [3.8, 4) is 0 Å². The van der Waals surface area contributed by atoms with Crippen LogP contribution in [0.4, 0.5) is 4.79 Å². The standard InChI is InChI=1S/C11H17NO4/c1-3-16-11(14)12-9-7-5-4-6-8(9)10(13)15-2/h5,7-9H,3-4,6H2,1-2H3,(H,12,14). The Kier molecular flexibility index (Phi) is 4.82. The molecule has 1 rings (SSSR count). The molecular weight excluding hydrogens is 210 g/mol. The van der Waals surface area contributed by atoms with Crippen LogP contribution in [-0.2, 0) is 14.3 Å². The second-order valence-corrected chi connectivity index (χ2v) is 3.53. The Labute approximate surface area is 94.8 Å². The second-order valence-electron chi connectivity index (χ2n) is 3.53. The number of hydrogen-bond donors (Lipinski definition) is 1. The Balaban J connectivity index is 2.60. The fourth-order valence-electron chi connectivity index (χ4n) is 1.71. The van der Waals surface area contributed by atoms with E-state index in [2.05, 4.69) is 5.32 Å². The van der Waals surface area contributed by atoms with Crippen molar-refractivity contribution in [1.29, 1.82) is 0 Å². The summed E-state index contributed by atoms with van der Waals surface area (Å²) >= 11 is 0. The van der Waals surface area contributed by atoms with E-state index >= 15 is 0 Å². The monoisotopic (exact) mass is 227 g/mol. The van der Waals surface area contributed by atoms with Gasteiger partial charge >= 0.3 is 12.1 Å². The molecule has 5 heteroatoms. The Morgan fingerprint density at radius 2 is 2.25 bits per heavy atom. The molecule has 0 spiro atoms. The third kappa shape index (κ3) is 3.25.